The summed E-state index contributed by atoms with van der Waals surface area (Å²) in [5.74, 6) is 1.28. The summed E-state index contributed by atoms with van der Waals surface area (Å²) in [7, 11) is 0. The molecule has 0 fully saturated rings. The fraction of sp³-hybridized carbons (Fsp3) is 0.312. The molecular formula is C16H18N2O3S. The van der Waals surface area contributed by atoms with E-state index in [2.05, 4.69) is 23.6 Å². The predicted molar refractivity (Wildman–Crippen MR) is 86.5 cm³/mol. The first kappa shape index (κ1) is 14.9. The van der Waals surface area contributed by atoms with Crippen LogP contribution in [0.2, 0.25) is 0 Å². The smallest absolute Gasteiger partial charge is 0.241 e. The van der Waals surface area contributed by atoms with E-state index in [0.717, 1.165) is 0 Å². The Kier molecular flexibility index (Phi) is 4.31. The fourth-order valence-electron chi connectivity index (χ4n) is 2.30. The molecule has 2 heterocycles. The second-order valence-electron chi connectivity index (χ2n) is 5.18. The van der Waals surface area contributed by atoms with Crippen LogP contribution in [0.1, 0.15) is 24.8 Å². The normalized spacial score (nSPS) is 15.4. The van der Waals surface area contributed by atoms with E-state index in [1.54, 1.807) is 29.5 Å². The standard InChI is InChI=1S/C16H18N2O3S/c1-10(15-4-3-7-22-15)17-11(2)16(19)18-12-5-6-13-14(8-12)21-9-20-13/h3-8,10-11,17H,9H2,1-2H3,(H,18,19)/t10-,11-/m1/s1. The van der Waals surface area contributed by atoms with Crippen molar-refractivity contribution in [2.45, 2.75) is 25.9 Å². The number of nitrogens with one attached hydrogen (secondary N) is 2. The Morgan fingerprint density at radius 3 is 2.82 bits per heavy atom. The third-order valence-corrected chi connectivity index (χ3v) is 4.56. The van der Waals surface area contributed by atoms with Crippen LogP contribution in [-0.4, -0.2) is 18.7 Å². The van der Waals surface area contributed by atoms with Crippen LogP contribution in [-0.2, 0) is 4.79 Å². The minimum Gasteiger partial charge on any atom is -0.454 e. The highest BCUT2D eigenvalue weighted by Crippen LogP contribution is 2.34. The Bertz CT molecular complexity index is 657. The van der Waals surface area contributed by atoms with Crippen molar-refractivity contribution in [1.82, 2.24) is 5.32 Å². The number of amides is 1. The van der Waals surface area contributed by atoms with Crippen LogP contribution in [0.4, 0.5) is 5.69 Å². The molecule has 22 heavy (non-hydrogen) atoms. The zero-order valence-corrected chi connectivity index (χ0v) is 13.3. The van der Waals surface area contributed by atoms with Gasteiger partial charge < -0.3 is 14.8 Å². The molecule has 0 unspecified atom stereocenters. The molecule has 116 valence electrons. The van der Waals surface area contributed by atoms with Crippen molar-refractivity contribution in [1.29, 1.82) is 0 Å². The van der Waals surface area contributed by atoms with Crippen molar-refractivity contribution >= 4 is 22.9 Å². The quantitative estimate of drug-likeness (QED) is 0.889. The van der Waals surface area contributed by atoms with Gasteiger partial charge in [-0.25, -0.2) is 0 Å². The van der Waals surface area contributed by atoms with E-state index in [-0.39, 0.29) is 24.8 Å². The molecule has 1 aliphatic rings. The minimum absolute atomic E-state index is 0.0812. The maximum Gasteiger partial charge on any atom is 0.241 e. The van der Waals surface area contributed by atoms with Crippen LogP contribution in [0.15, 0.2) is 35.7 Å². The van der Waals surface area contributed by atoms with Crippen LogP contribution in [0.3, 0.4) is 0 Å². The lowest BCUT2D eigenvalue weighted by Crippen LogP contribution is -2.39. The number of hydrogen-bond donors (Lipinski definition) is 2. The van der Waals surface area contributed by atoms with Gasteiger partial charge in [-0.1, -0.05) is 6.07 Å². The summed E-state index contributed by atoms with van der Waals surface area (Å²) in [6, 6.07) is 9.28. The molecule has 2 aromatic rings. The number of ether oxygens (including phenoxy) is 2. The third kappa shape index (κ3) is 3.23. The van der Waals surface area contributed by atoms with E-state index in [1.807, 2.05) is 18.4 Å². The summed E-state index contributed by atoms with van der Waals surface area (Å²) in [5, 5.41) is 8.22. The molecule has 0 spiro atoms. The van der Waals surface area contributed by atoms with Gasteiger partial charge in [0, 0.05) is 22.7 Å². The lowest BCUT2D eigenvalue weighted by atomic mass is 10.2. The molecule has 5 nitrogen and oxygen atoms in total. The average molecular weight is 318 g/mol. The number of thiophene rings is 1. The molecule has 1 amide bonds. The monoisotopic (exact) mass is 318 g/mol. The lowest BCUT2D eigenvalue weighted by molar-refractivity contribution is -0.117. The summed E-state index contributed by atoms with van der Waals surface area (Å²) in [6.45, 7) is 4.13. The first-order valence-electron chi connectivity index (χ1n) is 7.13. The van der Waals surface area contributed by atoms with Crippen molar-refractivity contribution in [2.75, 3.05) is 12.1 Å². The first-order valence-corrected chi connectivity index (χ1v) is 8.01. The van der Waals surface area contributed by atoms with Crippen LogP contribution in [0.5, 0.6) is 11.5 Å². The molecule has 0 radical (unpaired) electrons. The second kappa shape index (κ2) is 6.37. The van der Waals surface area contributed by atoms with E-state index < -0.39 is 0 Å². The molecule has 0 saturated carbocycles. The largest absolute Gasteiger partial charge is 0.454 e. The lowest BCUT2D eigenvalue weighted by Gasteiger charge is -2.18. The molecule has 2 N–H and O–H groups in total. The molecule has 1 aliphatic heterocycles. The average Bonchev–Trinajstić information content (AvgIpc) is 3.18. The molecule has 6 heteroatoms. The van der Waals surface area contributed by atoms with E-state index in [4.69, 9.17) is 9.47 Å². The highest BCUT2D eigenvalue weighted by atomic mass is 32.1. The minimum atomic E-state index is -0.303. The van der Waals surface area contributed by atoms with Gasteiger partial charge in [-0.15, -0.1) is 11.3 Å². The van der Waals surface area contributed by atoms with Crippen LogP contribution in [0, 0.1) is 0 Å². The van der Waals surface area contributed by atoms with Crippen LogP contribution < -0.4 is 20.1 Å². The Morgan fingerprint density at radius 1 is 1.23 bits per heavy atom. The van der Waals surface area contributed by atoms with E-state index in [0.29, 0.717) is 17.2 Å². The summed E-state index contributed by atoms with van der Waals surface area (Å²) < 4.78 is 10.6. The second-order valence-corrected chi connectivity index (χ2v) is 6.16. The van der Waals surface area contributed by atoms with Crippen molar-refractivity contribution in [3.63, 3.8) is 0 Å². The molecule has 0 bridgehead atoms. The highest BCUT2D eigenvalue weighted by molar-refractivity contribution is 7.10. The zero-order valence-electron chi connectivity index (χ0n) is 12.5. The zero-order chi connectivity index (χ0) is 15.5. The summed E-state index contributed by atoms with van der Waals surface area (Å²) in [5.41, 5.74) is 0.701. The summed E-state index contributed by atoms with van der Waals surface area (Å²) >= 11 is 1.68. The Hall–Kier alpha value is -2.05. The summed E-state index contributed by atoms with van der Waals surface area (Å²) in [4.78, 5) is 13.5. The van der Waals surface area contributed by atoms with E-state index in [9.17, 15) is 4.79 Å². The Labute approximate surface area is 133 Å². The molecular weight excluding hydrogens is 300 g/mol. The van der Waals surface area contributed by atoms with Crippen molar-refractivity contribution in [3.8, 4) is 11.5 Å². The van der Waals surface area contributed by atoms with Crippen molar-refractivity contribution < 1.29 is 14.3 Å². The predicted octanol–water partition coefficient (Wildman–Crippen LogP) is 3.15. The number of carbonyl (C=O) groups is 1. The van der Waals surface area contributed by atoms with Gasteiger partial charge in [0.1, 0.15) is 0 Å². The number of benzene rings is 1. The van der Waals surface area contributed by atoms with E-state index in [1.165, 1.54) is 4.88 Å². The number of anilines is 1. The third-order valence-electron chi connectivity index (χ3n) is 3.50. The molecule has 2 atom stereocenters. The van der Waals surface area contributed by atoms with Gasteiger partial charge in [0.25, 0.3) is 0 Å². The van der Waals surface area contributed by atoms with Gasteiger partial charge >= 0.3 is 0 Å². The SMILES string of the molecule is C[C@@H](N[C@H](C)c1cccs1)C(=O)Nc1ccc2c(c1)OCO2. The molecule has 1 aromatic heterocycles. The number of rotatable bonds is 5. The van der Waals surface area contributed by atoms with Gasteiger partial charge in [0.15, 0.2) is 11.5 Å². The Balaban J connectivity index is 1.59. The fourth-order valence-corrected chi connectivity index (χ4v) is 3.04. The maximum atomic E-state index is 12.3. The number of carbonyl (C=O) groups excluding carboxylic acids is 1. The molecule has 0 aliphatic carbocycles. The maximum absolute atomic E-state index is 12.3. The molecule has 3 rings (SSSR count). The van der Waals surface area contributed by atoms with Crippen molar-refractivity contribution in [3.05, 3.63) is 40.6 Å². The van der Waals surface area contributed by atoms with Gasteiger partial charge in [0.05, 0.1) is 6.04 Å². The van der Waals surface area contributed by atoms with Crippen molar-refractivity contribution in [2.24, 2.45) is 0 Å². The first-order chi connectivity index (χ1) is 10.6. The van der Waals surface area contributed by atoms with Gasteiger partial charge in [0.2, 0.25) is 12.7 Å². The van der Waals surface area contributed by atoms with Crippen LogP contribution >= 0.6 is 11.3 Å². The molecule has 0 saturated heterocycles. The van der Waals surface area contributed by atoms with Gasteiger partial charge in [-0.3, -0.25) is 10.1 Å². The highest BCUT2D eigenvalue weighted by Gasteiger charge is 2.18. The van der Waals surface area contributed by atoms with E-state index >= 15 is 0 Å². The number of fused-ring (bicyclic) bond motifs is 1. The molecule has 1 aromatic carbocycles. The topological polar surface area (TPSA) is 59.6 Å². The summed E-state index contributed by atoms with van der Waals surface area (Å²) in [6.07, 6.45) is 0. The van der Waals surface area contributed by atoms with Gasteiger partial charge in [-0.05, 0) is 37.4 Å². The van der Waals surface area contributed by atoms with Gasteiger partial charge in [-0.2, -0.15) is 0 Å². The Morgan fingerprint density at radius 2 is 2.05 bits per heavy atom. The van der Waals surface area contributed by atoms with Crippen LogP contribution in [0.25, 0.3) is 0 Å². The number of hydrogen-bond acceptors (Lipinski definition) is 5.